The number of ether oxygens (including phenoxy) is 2. The quantitative estimate of drug-likeness (QED) is 0.771. The molecule has 0 amide bonds. The molecule has 2 aromatic rings. The van der Waals surface area contributed by atoms with Crippen LogP contribution in [-0.4, -0.2) is 18.7 Å². The Labute approximate surface area is 129 Å². The van der Waals surface area contributed by atoms with Crippen LogP contribution in [0.3, 0.4) is 0 Å². The van der Waals surface area contributed by atoms with Crippen LogP contribution in [0, 0.1) is 0 Å². The molecule has 0 heterocycles. The van der Waals surface area contributed by atoms with E-state index in [1.807, 2.05) is 55.5 Å². The molecule has 2 rings (SSSR count). The van der Waals surface area contributed by atoms with Gasteiger partial charge in [0.2, 0.25) is 0 Å². The summed E-state index contributed by atoms with van der Waals surface area (Å²) in [4.78, 5) is 10.7. The van der Waals surface area contributed by atoms with Crippen LogP contribution in [-0.2, 0) is 9.53 Å². The van der Waals surface area contributed by atoms with Gasteiger partial charge in [0.1, 0.15) is 18.5 Å². The minimum absolute atomic E-state index is 0.185. The van der Waals surface area contributed by atoms with Gasteiger partial charge < -0.3 is 9.47 Å². The lowest BCUT2D eigenvalue weighted by Gasteiger charge is -2.14. The molecule has 0 fully saturated rings. The highest BCUT2D eigenvalue weighted by Gasteiger charge is 2.06. The van der Waals surface area contributed by atoms with Crippen LogP contribution in [0.2, 0.25) is 5.02 Å². The Hall–Kier alpha value is -2.00. The van der Waals surface area contributed by atoms with E-state index in [9.17, 15) is 4.79 Å². The second kappa shape index (κ2) is 7.14. The van der Waals surface area contributed by atoms with Crippen molar-refractivity contribution in [2.45, 2.75) is 20.0 Å². The Morgan fingerprint density at radius 1 is 1.05 bits per heavy atom. The number of carbonyl (C=O) groups excluding carboxylic acids is 1. The molecule has 21 heavy (non-hydrogen) atoms. The third kappa shape index (κ3) is 4.80. The van der Waals surface area contributed by atoms with Gasteiger partial charge in [0.15, 0.2) is 0 Å². The van der Waals surface area contributed by atoms with Crippen LogP contribution in [0.25, 0.3) is 11.1 Å². The fourth-order valence-electron chi connectivity index (χ4n) is 1.87. The monoisotopic (exact) mass is 304 g/mol. The van der Waals surface area contributed by atoms with E-state index >= 15 is 0 Å². The largest absolute Gasteiger partial charge is 0.487 e. The van der Waals surface area contributed by atoms with E-state index in [2.05, 4.69) is 0 Å². The minimum Gasteiger partial charge on any atom is -0.487 e. The summed E-state index contributed by atoms with van der Waals surface area (Å²) in [6.07, 6.45) is -0.185. The van der Waals surface area contributed by atoms with Gasteiger partial charge >= 0.3 is 5.97 Å². The van der Waals surface area contributed by atoms with Gasteiger partial charge in [-0.3, -0.25) is 4.79 Å². The summed E-state index contributed by atoms with van der Waals surface area (Å²) in [6.45, 7) is 3.48. The maximum atomic E-state index is 10.7. The van der Waals surface area contributed by atoms with Crippen LogP contribution in [0.15, 0.2) is 48.5 Å². The molecule has 1 atom stereocenters. The lowest BCUT2D eigenvalue weighted by atomic mass is 10.1. The van der Waals surface area contributed by atoms with E-state index in [4.69, 9.17) is 21.1 Å². The lowest BCUT2D eigenvalue weighted by molar-refractivity contribution is -0.143. The average Bonchev–Trinajstić information content (AvgIpc) is 2.47. The Morgan fingerprint density at radius 3 is 2.10 bits per heavy atom. The molecule has 0 saturated heterocycles. The second-order valence-corrected chi connectivity index (χ2v) is 5.20. The summed E-state index contributed by atoms with van der Waals surface area (Å²) in [5.74, 6) is 0.441. The lowest BCUT2D eigenvalue weighted by Crippen LogP contribution is -2.20. The third-order valence-corrected chi connectivity index (χ3v) is 3.14. The Kier molecular flexibility index (Phi) is 5.23. The topological polar surface area (TPSA) is 35.5 Å². The molecule has 0 bridgehead atoms. The van der Waals surface area contributed by atoms with Crippen molar-refractivity contribution < 1.29 is 14.3 Å². The number of rotatable bonds is 5. The summed E-state index contributed by atoms with van der Waals surface area (Å²) in [6, 6.07) is 15.4. The molecular weight excluding hydrogens is 288 g/mol. The van der Waals surface area contributed by atoms with Gasteiger partial charge in [-0.25, -0.2) is 0 Å². The first-order valence-corrected chi connectivity index (χ1v) is 7.08. The predicted octanol–water partition coefficient (Wildman–Crippen LogP) is 4.34. The number of hydrogen-bond acceptors (Lipinski definition) is 3. The Bertz CT molecular complexity index is 590. The average molecular weight is 305 g/mol. The molecule has 2 aromatic carbocycles. The van der Waals surface area contributed by atoms with Gasteiger partial charge in [0.25, 0.3) is 0 Å². The first-order valence-electron chi connectivity index (χ1n) is 6.70. The first-order chi connectivity index (χ1) is 10.0. The zero-order chi connectivity index (χ0) is 15.2. The number of esters is 1. The standard InChI is InChI=1S/C17H17ClO3/c1-12(11-20-13(2)19)21-17-9-5-15(6-10-17)14-3-7-16(18)8-4-14/h3-10,12H,11H2,1-2H3. The van der Waals surface area contributed by atoms with E-state index in [1.165, 1.54) is 6.92 Å². The summed E-state index contributed by atoms with van der Waals surface area (Å²) >= 11 is 5.88. The van der Waals surface area contributed by atoms with Crippen LogP contribution in [0.5, 0.6) is 5.75 Å². The first kappa shape index (κ1) is 15.4. The van der Waals surface area contributed by atoms with E-state index in [0.717, 1.165) is 21.9 Å². The Balaban J connectivity index is 1.98. The van der Waals surface area contributed by atoms with Crippen molar-refractivity contribution in [2.75, 3.05) is 6.61 Å². The van der Waals surface area contributed by atoms with Crippen molar-refractivity contribution in [2.24, 2.45) is 0 Å². The summed E-state index contributed by atoms with van der Waals surface area (Å²) in [7, 11) is 0. The molecule has 0 aliphatic rings. The van der Waals surface area contributed by atoms with Gasteiger partial charge in [0, 0.05) is 11.9 Å². The highest BCUT2D eigenvalue weighted by Crippen LogP contribution is 2.24. The molecule has 0 spiro atoms. The molecule has 0 aliphatic carbocycles. The van der Waals surface area contributed by atoms with E-state index in [1.54, 1.807) is 0 Å². The highest BCUT2D eigenvalue weighted by atomic mass is 35.5. The molecule has 0 saturated carbocycles. The van der Waals surface area contributed by atoms with E-state index in [-0.39, 0.29) is 18.7 Å². The predicted molar refractivity (Wildman–Crippen MR) is 83.6 cm³/mol. The van der Waals surface area contributed by atoms with E-state index < -0.39 is 0 Å². The maximum Gasteiger partial charge on any atom is 0.302 e. The fourth-order valence-corrected chi connectivity index (χ4v) is 2.00. The minimum atomic E-state index is -0.302. The zero-order valence-electron chi connectivity index (χ0n) is 12.0. The number of benzene rings is 2. The summed E-state index contributed by atoms with van der Waals surface area (Å²) in [5, 5.41) is 0.720. The molecule has 0 aromatic heterocycles. The van der Waals surface area contributed by atoms with Gasteiger partial charge in [-0.05, 0) is 42.3 Å². The molecule has 1 unspecified atom stereocenters. The normalized spacial score (nSPS) is 11.8. The van der Waals surface area contributed by atoms with Crippen LogP contribution >= 0.6 is 11.6 Å². The molecular formula is C17H17ClO3. The maximum absolute atomic E-state index is 10.7. The Morgan fingerprint density at radius 2 is 1.57 bits per heavy atom. The molecule has 3 nitrogen and oxygen atoms in total. The van der Waals surface area contributed by atoms with Gasteiger partial charge in [-0.1, -0.05) is 35.9 Å². The summed E-state index contributed by atoms with van der Waals surface area (Å²) < 4.78 is 10.6. The van der Waals surface area contributed by atoms with Crippen LogP contribution in [0.1, 0.15) is 13.8 Å². The van der Waals surface area contributed by atoms with Gasteiger partial charge in [-0.2, -0.15) is 0 Å². The number of halogens is 1. The number of carbonyl (C=O) groups is 1. The van der Waals surface area contributed by atoms with Gasteiger partial charge in [0.05, 0.1) is 0 Å². The fraction of sp³-hybridized carbons (Fsp3) is 0.235. The van der Waals surface area contributed by atoms with Crippen molar-refractivity contribution in [3.63, 3.8) is 0 Å². The van der Waals surface area contributed by atoms with Gasteiger partial charge in [-0.15, -0.1) is 0 Å². The molecule has 110 valence electrons. The van der Waals surface area contributed by atoms with E-state index in [0.29, 0.717) is 0 Å². The molecule has 4 heteroatoms. The third-order valence-electron chi connectivity index (χ3n) is 2.89. The zero-order valence-corrected chi connectivity index (χ0v) is 12.8. The SMILES string of the molecule is CC(=O)OCC(C)Oc1ccc(-c2ccc(Cl)cc2)cc1. The molecule has 0 aliphatic heterocycles. The van der Waals surface area contributed by atoms with Crippen LogP contribution in [0.4, 0.5) is 0 Å². The van der Waals surface area contributed by atoms with Crippen molar-refractivity contribution in [3.8, 4) is 16.9 Å². The number of hydrogen-bond donors (Lipinski definition) is 0. The highest BCUT2D eigenvalue weighted by molar-refractivity contribution is 6.30. The summed E-state index contributed by atoms with van der Waals surface area (Å²) in [5.41, 5.74) is 2.19. The van der Waals surface area contributed by atoms with Crippen molar-refractivity contribution in [3.05, 3.63) is 53.6 Å². The molecule has 0 radical (unpaired) electrons. The van der Waals surface area contributed by atoms with Crippen molar-refractivity contribution in [1.82, 2.24) is 0 Å². The van der Waals surface area contributed by atoms with Crippen LogP contribution < -0.4 is 4.74 Å². The van der Waals surface area contributed by atoms with Crippen molar-refractivity contribution in [1.29, 1.82) is 0 Å². The van der Waals surface area contributed by atoms with Crippen molar-refractivity contribution >= 4 is 17.6 Å². The molecule has 0 N–H and O–H groups in total. The smallest absolute Gasteiger partial charge is 0.302 e. The second-order valence-electron chi connectivity index (χ2n) is 4.76.